The lowest BCUT2D eigenvalue weighted by atomic mass is 9.42. The zero-order valence-corrected chi connectivity index (χ0v) is 16.0. The van der Waals surface area contributed by atoms with E-state index in [4.69, 9.17) is 0 Å². The van der Waals surface area contributed by atoms with Gasteiger partial charge in [-0.1, -0.05) is 20.8 Å². The Hall–Kier alpha value is -0.550. The van der Waals surface area contributed by atoms with Crippen molar-refractivity contribution in [2.24, 2.45) is 46.3 Å². The minimum atomic E-state index is -0.445. The maximum atomic E-state index is 10.6. The summed E-state index contributed by atoms with van der Waals surface area (Å²) in [7, 11) is 0. The highest BCUT2D eigenvalue weighted by molar-refractivity contribution is 5.14. The van der Waals surface area contributed by atoms with Crippen molar-refractivity contribution in [1.82, 2.24) is 0 Å². The summed E-state index contributed by atoms with van der Waals surface area (Å²) in [6.07, 6.45) is 9.43. The Bertz CT molecular complexity index is 563. The van der Waals surface area contributed by atoms with E-state index >= 15 is 0 Å². The summed E-state index contributed by atoms with van der Waals surface area (Å²) in [5.74, 6) is 4.12. The van der Waals surface area contributed by atoms with Crippen LogP contribution in [0.25, 0.3) is 0 Å². The molecule has 0 bridgehead atoms. The summed E-state index contributed by atoms with van der Waals surface area (Å²) in [6, 6.07) is 2.66. The van der Waals surface area contributed by atoms with Gasteiger partial charge in [-0.3, -0.25) is 0 Å². The lowest BCUT2D eigenvalue weighted by Crippen LogP contribution is -2.57. The summed E-state index contributed by atoms with van der Waals surface area (Å²) in [5, 5.41) is 20.3. The molecule has 0 amide bonds. The topological polar surface area (TPSA) is 44.0 Å². The predicted molar refractivity (Wildman–Crippen MR) is 96.0 cm³/mol. The zero-order valence-electron chi connectivity index (χ0n) is 16.0. The molecule has 0 aromatic heterocycles. The first-order valence-corrected chi connectivity index (χ1v) is 10.3. The highest BCUT2D eigenvalue weighted by Crippen LogP contribution is 2.69. The molecule has 0 heterocycles. The van der Waals surface area contributed by atoms with Gasteiger partial charge in [0.05, 0.1) is 17.6 Å². The Labute approximate surface area is 148 Å². The van der Waals surface area contributed by atoms with Crippen LogP contribution in [0.1, 0.15) is 79.1 Å². The summed E-state index contributed by atoms with van der Waals surface area (Å²) >= 11 is 0. The third-order valence-corrected chi connectivity index (χ3v) is 9.47. The molecule has 0 aromatic carbocycles. The Morgan fingerprint density at radius 3 is 2.38 bits per heavy atom. The summed E-state index contributed by atoms with van der Waals surface area (Å²) in [5.41, 5.74) is 0.248. The number of nitrogens with zero attached hydrogens (tertiary/aromatic N) is 1. The van der Waals surface area contributed by atoms with E-state index in [1.807, 2.05) is 0 Å². The van der Waals surface area contributed by atoms with Gasteiger partial charge in [-0.05, 0) is 98.7 Å². The molecule has 4 rings (SSSR count). The average Bonchev–Trinajstić information content (AvgIpc) is 2.85. The molecule has 4 fully saturated rings. The zero-order chi connectivity index (χ0) is 17.3. The molecule has 4 aliphatic carbocycles. The molecule has 0 aliphatic heterocycles. The first kappa shape index (κ1) is 16.9. The lowest BCUT2D eigenvalue weighted by Gasteiger charge is -2.63. The second-order valence-electron chi connectivity index (χ2n) is 10.7. The Balaban J connectivity index is 1.67. The minimum Gasteiger partial charge on any atom is -0.390 e. The normalized spacial score (nSPS) is 59.8. The molecule has 2 heteroatoms. The average molecular weight is 330 g/mol. The molecular weight excluding hydrogens is 294 g/mol. The van der Waals surface area contributed by atoms with E-state index < -0.39 is 5.60 Å². The Morgan fingerprint density at radius 2 is 1.67 bits per heavy atom. The molecule has 1 N–H and O–H groups in total. The summed E-state index contributed by atoms with van der Waals surface area (Å²) < 4.78 is 0. The molecule has 134 valence electrons. The SMILES string of the molecule is C[C@@H]1C[C@H]2C[C@](C)(O)CC[C@]2(C)[C@H]2CC[C@]3(C)[C@@H](C#N)CC[C@H]3[C@H]12. The monoisotopic (exact) mass is 329 g/mol. The van der Waals surface area contributed by atoms with E-state index in [0.717, 1.165) is 42.9 Å². The number of hydrogen-bond acceptors (Lipinski definition) is 2. The molecule has 24 heavy (non-hydrogen) atoms. The van der Waals surface area contributed by atoms with E-state index in [9.17, 15) is 10.4 Å². The number of rotatable bonds is 0. The smallest absolute Gasteiger partial charge is 0.0661 e. The first-order chi connectivity index (χ1) is 11.2. The molecule has 0 unspecified atom stereocenters. The van der Waals surface area contributed by atoms with Gasteiger partial charge in [0.25, 0.3) is 0 Å². The van der Waals surface area contributed by atoms with Crippen LogP contribution in [0.4, 0.5) is 0 Å². The van der Waals surface area contributed by atoms with E-state index in [1.165, 1.54) is 32.1 Å². The number of hydrogen-bond donors (Lipinski definition) is 1. The fourth-order valence-corrected chi connectivity index (χ4v) is 8.03. The maximum absolute atomic E-state index is 10.6. The van der Waals surface area contributed by atoms with E-state index in [2.05, 4.69) is 33.8 Å². The van der Waals surface area contributed by atoms with Crippen molar-refractivity contribution in [2.45, 2.75) is 84.7 Å². The van der Waals surface area contributed by atoms with Crippen LogP contribution in [-0.2, 0) is 0 Å². The second kappa shape index (κ2) is 5.23. The van der Waals surface area contributed by atoms with Gasteiger partial charge in [0.15, 0.2) is 0 Å². The Morgan fingerprint density at radius 1 is 0.958 bits per heavy atom. The van der Waals surface area contributed by atoms with Crippen molar-refractivity contribution in [3.05, 3.63) is 0 Å². The van der Waals surface area contributed by atoms with E-state index in [-0.39, 0.29) is 11.3 Å². The van der Waals surface area contributed by atoms with E-state index in [0.29, 0.717) is 11.3 Å². The van der Waals surface area contributed by atoms with Crippen LogP contribution >= 0.6 is 0 Å². The second-order valence-corrected chi connectivity index (χ2v) is 10.7. The largest absolute Gasteiger partial charge is 0.390 e. The van der Waals surface area contributed by atoms with Gasteiger partial charge in [0.1, 0.15) is 0 Å². The highest BCUT2D eigenvalue weighted by Gasteiger charge is 2.62. The third-order valence-electron chi connectivity index (χ3n) is 9.47. The van der Waals surface area contributed by atoms with Gasteiger partial charge in [-0.15, -0.1) is 0 Å². The Kier molecular flexibility index (Phi) is 3.68. The molecular formula is C22H35NO. The van der Waals surface area contributed by atoms with Crippen LogP contribution in [0.5, 0.6) is 0 Å². The van der Waals surface area contributed by atoms with Crippen molar-refractivity contribution < 1.29 is 5.11 Å². The standard InChI is InChI=1S/C22H35NO/c1-14-11-16-12-20(2,24)9-10-22(16,4)18-7-8-21(3)15(13-23)5-6-17(21)19(14)18/h14-19,24H,5-12H2,1-4H3/t14-,15-,16+,17+,18+,19+,20-,21-,22+/m1/s1. The van der Waals surface area contributed by atoms with Crippen LogP contribution in [0.3, 0.4) is 0 Å². The van der Waals surface area contributed by atoms with Crippen LogP contribution in [0.15, 0.2) is 0 Å². The molecule has 9 atom stereocenters. The van der Waals surface area contributed by atoms with Gasteiger partial charge >= 0.3 is 0 Å². The molecule has 0 aromatic rings. The number of fused-ring (bicyclic) bond motifs is 5. The molecule has 0 saturated heterocycles. The molecule has 0 radical (unpaired) electrons. The lowest BCUT2D eigenvalue weighted by molar-refractivity contribution is -0.162. The van der Waals surface area contributed by atoms with Crippen molar-refractivity contribution in [1.29, 1.82) is 5.26 Å². The quantitative estimate of drug-likeness (QED) is 0.666. The van der Waals surface area contributed by atoms with Crippen LogP contribution < -0.4 is 0 Å². The van der Waals surface area contributed by atoms with Gasteiger partial charge < -0.3 is 5.11 Å². The van der Waals surface area contributed by atoms with E-state index in [1.54, 1.807) is 0 Å². The van der Waals surface area contributed by atoms with Crippen LogP contribution in [0.2, 0.25) is 0 Å². The van der Waals surface area contributed by atoms with Crippen molar-refractivity contribution in [3.63, 3.8) is 0 Å². The maximum Gasteiger partial charge on any atom is 0.0661 e. The number of nitriles is 1. The van der Waals surface area contributed by atoms with Gasteiger partial charge in [-0.25, -0.2) is 0 Å². The summed E-state index contributed by atoms with van der Waals surface area (Å²) in [6.45, 7) is 9.51. The fourth-order valence-electron chi connectivity index (χ4n) is 8.03. The third kappa shape index (κ3) is 2.16. The summed E-state index contributed by atoms with van der Waals surface area (Å²) in [4.78, 5) is 0. The van der Waals surface area contributed by atoms with Crippen LogP contribution in [0, 0.1) is 57.7 Å². The van der Waals surface area contributed by atoms with Crippen LogP contribution in [-0.4, -0.2) is 10.7 Å². The first-order valence-electron chi connectivity index (χ1n) is 10.3. The molecule has 0 spiro atoms. The highest BCUT2D eigenvalue weighted by atomic mass is 16.3. The molecule has 4 aliphatic rings. The molecule has 2 nitrogen and oxygen atoms in total. The van der Waals surface area contributed by atoms with Crippen molar-refractivity contribution >= 4 is 0 Å². The predicted octanol–water partition coefficient (Wildman–Crippen LogP) is 5.17. The number of aliphatic hydroxyl groups is 1. The van der Waals surface area contributed by atoms with Gasteiger partial charge in [0.2, 0.25) is 0 Å². The van der Waals surface area contributed by atoms with Crippen molar-refractivity contribution in [2.75, 3.05) is 0 Å². The van der Waals surface area contributed by atoms with Crippen molar-refractivity contribution in [3.8, 4) is 6.07 Å². The van der Waals surface area contributed by atoms with Gasteiger partial charge in [-0.2, -0.15) is 5.26 Å². The molecule has 4 saturated carbocycles. The van der Waals surface area contributed by atoms with Gasteiger partial charge in [0, 0.05) is 0 Å². The minimum absolute atomic E-state index is 0.271. The fraction of sp³-hybridized carbons (Fsp3) is 0.955.